The van der Waals surface area contributed by atoms with E-state index in [1.165, 1.54) is 0 Å². The standard InChI is InChI=1S/C6H11N3O/c10-6-5-4(1-2-7-6)3-8-9-5/h4-5,8-9H,1-3H2,(H,7,10). The van der Waals surface area contributed by atoms with Crippen LogP contribution < -0.4 is 16.2 Å². The van der Waals surface area contributed by atoms with E-state index in [1.807, 2.05) is 0 Å². The molecule has 0 aromatic rings. The summed E-state index contributed by atoms with van der Waals surface area (Å²) in [6, 6.07) is 0.0220. The normalized spacial score (nSPS) is 39.0. The van der Waals surface area contributed by atoms with Gasteiger partial charge in [-0.1, -0.05) is 0 Å². The summed E-state index contributed by atoms with van der Waals surface area (Å²) < 4.78 is 0. The van der Waals surface area contributed by atoms with Gasteiger partial charge in [-0.2, -0.15) is 0 Å². The molecule has 10 heavy (non-hydrogen) atoms. The Labute approximate surface area is 59.3 Å². The van der Waals surface area contributed by atoms with Crippen LogP contribution in [0.15, 0.2) is 0 Å². The zero-order chi connectivity index (χ0) is 6.97. The van der Waals surface area contributed by atoms with E-state index < -0.39 is 0 Å². The van der Waals surface area contributed by atoms with Gasteiger partial charge in [0.15, 0.2) is 0 Å². The van der Waals surface area contributed by atoms with Crippen LogP contribution in [0.3, 0.4) is 0 Å². The van der Waals surface area contributed by atoms with E-state index in [4.69, 9.17) is 0 Å². The number of nitrogens with one attached hydrogen (secondary N) is 3. The summed E-state index contributed by atoms with van der Waals surface area (Å²) >= 11 is 0. The second kappa shape index (κ2) is 2.21. The number of carbonyl (C=O) groups is 1. The van der Waals surface area contributed by atoms with Crippen molar-refractivity contribution in [3.05, 3.63) is 0 Å². The van der Waals surface area contributed by atoms with Gasteiger partial charge in [0.05, 0.1) is 0 Å². The average Bonchev–Trinajstić information content (AvgIpc) is 2.36. The number of fused-ring (bicyclic) bond motifs is 1. The molecule has 4 heteroatoms. The lowest BCUT2D eigenvalue weighted by molar-refractivity contribution is -0.125. The lowest BCUT2D eigenvalue weighted by Crippen LogP contribution is -2.50. The molecule has 1 amide bonds. The van der Waals surface area contributed by atoms with Crippen molar-refractivity contribution in [2.45, 2.75) is 12.5 Å². The molecule has 0 spiro atoms. The van der Waals surface area contributed by atoms with Gasteiger partial charge in [-0.05, 0) is 12.3 Å². The summed E-state index contributed by atoms with van der Waals surface area (Å²) in [7, 11) is 0. The van der Waals surface area contributed by atoms with E-state index in [2.05, 4.69) is 16.2 Å². The first kappa shape index (κ1) is 6.12. The van der Waals surface area contributed by atoms with E-state index in [9.17, 15) is 4.79 Å². The third-order valence-corrected chi connectivity index (χ3v) is 2.19. The molecule has 0 aliphatic carbocycles. The number of piperidine rings is 1. The highest BCUT2D eigenvalue weighted by Crippen LogP contribution is 2.14. The third kappa shape index (κ3) is 0.803. The van der Waals surface area contributed by atoms with Crippen molar-refractivity contribution in [2.75, 3.05) is 13.1 Å². The van der Waals surface area contributed by atoms with E-state index in [1.54, 1.807) is 0 Å². The van der Waals surface area contributed by atoms with Crippen molar-refractivity contribution in [1.82, 2.24) is 16.2 Å². The minimum Gasteiger partial charge on any atom is -0.355 e. The van der Waals surface area contributed by atoms with Gasteiger partial charge in [-0.3, -0.25) is 10.2 Å². The van der Waals surface area contributed by atoms with Crippen molar-refractivity contribution in [2.24, 2.45) is 5.92 Å². The maximum Gasteiger partial charge on any atom is 0.238 e. The Morgan fingerprint density at radius 3 is 3.20 bits per heavy atom. The van der Waals surface area contributed by atoms with Crippen LogP contribution in [0.1, 0.15) is 6.42 Å². The van der Waals surface area contributed by atoms with E-state index in [-0.39, 0.29) is 11.9 Å². The van der Waals surface area contributed by atoms with Crippen LogP contribution in [0.2, 0.25) is 0 Å². The first-order chi connectivity index (χ1) is 4.88. The summed E-state index contributed by atoms with van der Waals surface area (Å²) in [6.45, 7) is 1.77. The number of hydrogen-bond donors (Lipinski definition) is 3. The molecule has 2 heterocycles. The number of rotatable bonds is 0. The molecular weight excluding hydrogens is 130 g/mol. The predicted molar refractivity (Wildman–Crippen MR) is 36.0 cm³/mol. The van der Waals surface area contributed by atoms with E-state index in [0.29, 0.717) is 5.92 Å². The maximum atomic E-state index is 11.1. The molecule has 0 saturated carbocycles. The molecule has 2 aliphatic rings. The second-order valence-corrected chi connectivity index (χ2v) is 2.84. The van der Waals surface area contributed by atoms with Gasteiger partial charge in [0.2, 0.25) is 5.91 Å². The molecular formula is C6H11N3O. The SMILES string of the molecule is O=C1NCCC2CNNC12. The summed E-state index contributed by atoms with van der Waals surface area (Å²) in [5.41, 5.74) is 5.93. The fourth-order valence-corrected chi connectivity index (χ4v) is 1.57. The molecule has 2 fully saturated rings. The number of carbonyl (C=O) groups excluding carboxylic acids is 1. The van der Waals surface area contributed by atoms with Crippen molar-refractivity contribution in [3.8, 4) is 0 Å². The summed E-state index contributed by atoms with van der Waals surface area (Å²) in [5.74, 6) is 0.648. The van der Waals surface area contributed by atoms with Gasteiger partial charge in [0.1, 0.15) is 6.04 Å². The van der Waals surface area contributed by atoms with Gasteiger partial charge < -0.3 is 5.32 Å². The van der Waals surface area contributed by atoms with Crippen LogP contribution in [-0.2, 0) is 4.79 Å². The van der Waals surface area contributed by atoms with Crippen molar-refractivity contribution >= 4 is 5.91 Å². The lowest BCUT2D eigenvalue weighted by Gasteiger charge is -2.23. The Hall–Kier alpha value is -0.610. The number of hydrogen-bond acceptors (Lipinski definition) is 3. The fraction of sp³-hybridized carbons (Fsp3) is 0.833. The Morgan fingerprint density at radius 2 is 2.40 bits per heavy atom. The first-order valence-corrected chi connectivity index (χ1v) is 3.64. The lowest BCUT2D eigenvalue weighted by atomic mass is 9.94. The van der Waals surface area contributed by atoms with Gasteiger partial charge in [0, 0.05) is 13.1 Å². The number of amides is 1. The molecule has 2 unspecified atom stereocenters. The Balaban J connectivity index is 2.10. The Bertz CT molecular complexity index is 159. The molecule has 2 saturated heterocycles. The van der Waals surface area contributed by atoms with Crippen LogP contribution >= 0.6 is 0 Å². The summed E-state index contributed by atoms with van der Waals surface area (Å²) in [6.07, 6.45) is 1.09. The average molecular weight is 141 g/mol. The Kier molecular flexibility index (Phi) is 1.35. The van der Waals surface area contributed by atoms with Crippen LogP contribution in [0.5, 0.6) is 0 Å². The first-order valence-electron chi connectivity index (χ1n) is 3.64. The van der Waals surface area contributed by atoms with Gasteiger partial charge >= 0.3 is 0 Å². The third-order valence-electron chi connectivity index (χ3n) is 2.19. The molecule has 2 aliphatic heterocycles. The monoisotopic (exact) mass is 141 g/mol. The number of hydrazine groups is 1. The zero-order valence-corrected chi connectivity index (χ0v) is 5.68. The maximum absolute atomic E-state index is 11.1. The highest BCUT2D eigenvalue weighted by molar-refractivity contribution is 5.83. The largest absolute Gasteiger partial charge is 0.355 e. The molecule has 0 aromatic heterocycles. The molecule has 4 nitrogen and oxygen atoms in total. The van der Waals surface area contributed by atoms with Crippen LogP contribution in [0, 0.1) is 5.92 Å². The van der Waals surface area contributed by atoms with E-state index >= 15 is 0 Å². The van der Waals surface area contributed by atoms with Crippen LogP contribution in [0.4, 0.5) is 0 Å². The molecule has 2 atom stereocenters. The van der Waals surface area contributed by atoms with E-state index in [0.717, 1.165) is 19.5 Å². The van der Waals surface area contributed by atoms with Gasteiger partial charge in [-0.15, -0.1) is 0 Å². The molecule has 0 aromatic carbocycles. The van der Waals surface area contributed by atoms with Gasteiger partial charge in [-0.25, -0.2) is 5.43 Å². The summed E-state index contributed by atoms with van der Waals surface area (Å²) in [5, 5.41) is 2.81. The zero-order valence-electron chi connectivity index (χ0n) is 5.68. The molecule has 56 valence electrons. The second-order valence-electron chi connectivity index (χ2n) is 2.84. The quantitative estimate of drug-likeness (QED) is 0.389. The van der Waals surface area contributed by atoms with Crippen molar-refractivity contribution in [3.63, 3.8) is 0 Å². The van der Waals surface area contributed by atoms with Crippen LogP contribution in [0.25, 0.3) is 0 Å². The minimum atomic E-state index is 0.0220. The molecule has 2 rings (SSSR count). The molecule has 3 N–H and O–H groups in total. The highest BCUT2D eigenvalue weighted by Gasteiger charge is 2.35. The smallest absolute Gasteiger partial charge is 0.238 e. The topological polar surface area (TPSA) is 53.2 Å². The van der Waals surface area contributed by atoms with Crippen molar-refractivity contribution < 1.29 is 4.79 Å². The highest BCUT2D eigenvalue weighted by atomic mass is 16.2. The fourth-order valence-electron chi connectivity index (χ4n) is 1.57. The molecule has 0 bridgehead atoms. The Morgan fingerprint density at radius 1 is 1.50 bits per heavy atom. The van der Waals surface area contributed by atoms with Crippen molar-refractivity contribution in [1.29, 1.82) is 0 Å². The summed E-state index contributed by atoms with van der Waals surface area (Å²) in [4.78, 5) is 11.1. The van der Waals surface area contributed by atoms with Crippen LogP contribution in [-0.4, -0.2) is 25.0 Å². The molecule has 0 radical (unpaired) electrons. The van der Waals surface area contributed by atoms with Gasteiger partial charge in [0.25, 0.3) is 0 Å². The minimum absolute atomic E-state index is 0.0220. The predicted octanol–water partition coefficient (Wildman–Crippen LogP) is -1.40.